The van der Waals surface area contributed by atoms with Gasteiger partial charge in [0.15, 0.2) is 0 Å². The zero-order valence-electron chi connectivity index (χ0n) is 12.8. The second-order valence-electron chi connectivity index (χ2n) is 5.85. The van der Waals surface area contributed by atoms with Gasteiger partial charge in [-0.1, -0.05) is 18.6 Å². The van der Waals surface area contributed by atoms with E-state index in [1.54, 1.807) is 7.11 Å². The van der Waals surface area contributed by atoms with Crippen molar-refractivity contribution >= 4 is 11.0 Å². The van der Waals surface area contributed by atoms with Gasteiger partial charge in [-0.3, -0.25) is 0 Å². The molecular weight excluding hydrogens is 262 g/mol. The van der Waals surface area contributed by atoms with Crippen molar-refractivity contribution in [2.75, 3.05) is 20.3 Å². The standard InChI is InChI=1S/C17H25N3O/c1-21-13-12-20-16-8-3-2-7-15(16)19-17(20)10-9-14-6-4-5-11-18-14/h2-3,7-8,14,18H,4-6,9-13H2,1H3. The molecule has 0 saturated carbocycles. The van der Waals surface area contributed by atoms with Gasteiger partial charge in [0.05, 0.1) is 17.6 Å². The minimum absolute atomic E-state index is 0.662. The van der Waals surface area contributed by atoms with Crippen molar-refractivity contribution in [2.45, 2.75) is 44.7 Å². The van der Waals surface area contributed by atoms with E-state index < -0.39 is 0 Å². The third-order valence-corrected chi connectivity index (χ3v) is 4.38. The molecule has 4 nitrogen and oxygen atoms in total. The number of fused-ring (bicyclic) bond motifs is 1. The molecule has 2 heterocycles. The fourth-order valence-corrected chi connectivity index (χ4v) is 3.22. The summed E-state index contributed by atoms with van der Waals surface area (Å²) in [5, 5.41) is 3.62. The predicted octanol–water partition coefficient (Wildman–Crippen LogP) is 2.76. The molecule has 0 amide bonds. The van der Waals surface area contributed by atoms with Crippen LogP contribution in [0.3, 0.4) is 0 Å². The maximum atomic E-state index is 5.25. The second kappa shape index (κ2) is 7.05. The van der Waals surface area contributed by atoms with Gasteiger partial charge in [0.25, 0.3) is 0 Å². The van der Waals surface area contributed by atoms with E-state index in [1.165, 1.54) is 43.6 Å². The van der Waals surface area contributed by atoms with E-state index in [0.29, 0.717) is 6.04 Å². The lowest BCUT2D eigenvalue weighted by molar-refractivity contribution is 0.187. The van der Waals surface area contributed by atoms with Gasteiger partial charge in [-0.05, 0) is 37.9 Å². The van der Waals surface area contributed by atoms with Gasteiger partial charge < -0.3 is 14.6 Å². The third-order valence-electron chi connectivity index (χ3n) is 4.38. The van der Waals surface area contributed by atoms with Gasteiger partial charge in [0, 0.05) is 26.1 Å². The van der Waals surface area contributed by atoms with Crippen LogP contribution in [0.1, 0.15) is 31.5 Å². The van der Waals surface area contributed by atoms with E-state index in [9.17, 15) is 0 Å². The Morgan fingerprint density at radius 2 is 2.24 bits per heavy atom. The Labute approximate surface area is 126 Å². The van der Waals surface area contributed by atoms with Gasteiger partial charge in [-0.2, -0.15) is 0 Å². The fourth-order valence-electron chi connectivity index (χ4n) is 3.22. The van der Waals surface area contributed by atoms with Crippen LogP contribution in [0.25, 0.3) is 11.0 Å². The van der Waals surface area contributed by atoms with Crippen molar-refractivity contribution in [3.63, 3.8) is 0 Å². The molecule has 3 rings (SSSR count). The van der Waals surface area contributed by atoms with Crippen LogP contribution in [0.4, 0.5) is 0 Å². The molecule has 1 unspecified atom stereocenters. The maximum absolute atomic E-state index is 5.25. The molecule has 1 atom stereocenters. The SMILES string of the molecule is COCCn1c(CCC2CCCCN2)nc2ccccc21. The number of methoxy groups -OCH3 is 1. The molecule has 1 aliphatic rings. The van der Waals surface area contributed by atoms with Crippen LogP contribution < -0.4 is 5.32 Å². The van der Waals surface area contributed by atoms with Crippen LogP contribution in [0.5, 0.6) is 0 Å². The van der Waals surface area contributed by atoms with Gasteiger partial charge in [-0.25, -0.2) is 4.98 Å². The molecule has 0 spiro atoms. The molecule has 0 radical (unpaired) electrons. The van der Waals surface area contributed by atoms with E-state index in [-0.39, 0.29) is 0 Å². The number of para-hydroxylation sites is 2. The highest BCUT2D eigenvalue weighted by Crippen LogP contribution is 2.19. The minimum Gasteiger partial charge on any atom is -0.383 e. The molecule has 1 aromatic carbocycles. The fraction of sp³-hybridized carbons (Fsp3) is 0.588. The van der Waals surface area contributed by atoms with Crippen molar-refractivity contribution in [2.24, 2.45) is 0 Å². The number of nitrogens with one attached hydrogen (secondary N) is 1. The first-order chi connectivity index (χ1) is 10.4. The highest BCUT2D eigenvalue weighted by molar-refractivity contribution is 5.75. The van der Waals surface area contributed by atoms with Crippen LogP contribution in [-0.2, 0) is 17.7 Å². The second-order valence-corrected chi connectivity index (χ2v) is 5.85. The number of hydrogen-bond acceptors (Lipinski definition) is 3. The van der Waals surface area contributed by atoms with E-state index in [4.69, 9.17) is 9.72 Å². The summed E-state index contributed by atoms with van der Waals surface area (Å²) in [5.41, 5.74) is 2.32. The molecule has 1 aliphatic heterocycles. The molecular formula is C17H25N3O. The predicted molar refractivity (Wildman–Crippen MR) is 85.6 cm³/mol. The molecule has 0 bridgehead atoms. The first kappa shape index (κ1) is 14.5. The van der Waals surface area contributed by atoms with E-state index in [2.05, 4.69) is 34.1 Å². The monoisotopic (exact) mass is 287 g/mol. The van der Waals surface area contributed by atoms with Crippen molar-refractivity contribution in [3.8, 4) is 0 Å². The van der Waals surface area contributed by atoms with Crippen molar-refractivity contribution in [1.29, 1.82) is 0 Å². The summed E-state index contributed by atoms with van der Waals surface area (Å²) in [6, 6.07) is 9.05. The molecule has 1 aromatic heterocycles. The average Bonchev–Trinajstić information content (AvgIpc) is 2.89. The molecule has 1 N–H and O–H groups in total. The van der Waals surface area contributed by atoms with Crippen LogP contribution in [0.15, 0.2) is 24.3 Å². The van der Waals surface area contributed by atoms with Crippen LogP contribution in [0.2, 0.25) is 0 Å². The van der Waals surface area contributed by atoms with Crippen molar-refractivity contribution < 1.29 is 4.74 Å². The van der Waals surface area contributed by atoms with Gasteiger partial charge in [0.1, 0.15) is 5.82 Å². The number of rotatable bonds is 6. The van der Waals surface area contributed by atoms with Crippen LogP contribution >= 0.6 is 0 Å². The van der Waals surface area contributed by atoms with Crippen LogP contribution in [0, 0.1) is 0 Å². The molecule has 2 aromatic rings. The topological polar surface area (TPSA) is 39.1 Å². The summed E-state index contributed by atoms with van der Waals surface area (Å²) in [6.07, 6.45) is 6.20. The van der Waals surface area contributed by atoms with E-state index in [1.807, 2.05) is 0 Å². The normalized spacial score (nSPS) is 19.2. The number of aromatic nitrogens is 2. The summed E-state index contributed by atoms with van der Waals surface area (Å²) < 4.78 is 7.57. The molecule has 114 valence electrons. The lowest BCUT2D eigenvalue weighted by Crippen LogP contribution is -2.34. The Hall–Kier alpha value is -1.39. The van der Waals surface area contributed by atoms with Gasteiger partial charge >= 0.3 is 0 Å². The first-order valence-electron chi connectivity index (χ1n) is 8.05. The Morgan fingerprint density at radius 1 is 1.33 bits per heavy atom. The number of hydrogen-bond donors (Lipinski definition) is 1. The van der Waals surface area contributed by atoms with Crippen molar-refractivity contribution in [3.05, 3.63) is 30.1 Å². The largest absolute Gasteiger partial charge is 0.383 e. The molecule has 1 saturated heterocycles. The first-order valence-corrected chi connectivity index (χ1v) is 8.05. The third kappa shape index (κ3) is 3.44. The Morgan fingerprint density at radius 3 is 3.05 bits per heavy atom. The van der Waals surface area contributed by atoms with E-state index in [0.717, 1.165) is 25.1 Å². The number of ether oxygens (including phenoxy) is 1. The lowest BCUT2D eigenvalue weighted by atomic mass is 10.0. The maximum Gasteiger partial charge on any atom is 0.109 e. The van der Waals surface area contributed by atoms with Gasteiger partial charge in [-0.15, -0.1) is 0 Å². The summed E-state index contributed by atoms with van der Waals surface area (Å²) in [5.74, 6) is 1.20. The lowest BCUT2D eigenvalue weighted by Gasteiger charge is -2.23. The zero-order chi connectivity index (χ0) is 14.5. The summed E-state index contributed by atoms with van der Waals surface area (Å²) in [6.45, 7) is 2.78. The molecule has 4 heteroatoms. The molecule has 21 heavy (non-hydrogen) atoms. The number of piperidine rings is 1. The Kier molecular flexibility index (Phi) is 4.88. The molecule has 0 aliphatic carbocycles. The van der Waals surface area contributed by atoms with E-state index >= 15 is 0 Å². The quantitative estimate of drug-likeness (QED) is 0.888. The minimum atomic E-state index is 0.662. The average molecular weight is 287 g/mol. The number of nitrogens with zero attached hydrogens (tertiary/aromatic N) is 2. The summed E-state index contributed by atoms with van der Waals surface area (Å²) >= 11 is 0. The number of aryl methyl sites for hydroxylation is 1. The summed E-state index contributed by atoms with van der Waals surface area (Å²) in [7, 11) is 1.75. The highest BCUT2D eigenvalue weighted by atomic mass is 16.5. The Balaban J connectivity index is 1.75. The number of imidazole rings is 1. The van der Waals surface area contributed by atoms with Crippen LogP contribution in [-0.4, -0.2) is 35.9 Å². The molecule has 1 fully saturated rings. The van der Waals surface area contributed by atoms with Crippen molar-refractivity contribution in [1.82, 2.24) is 14.9 Å². The van der Waals surface area contributed by atoms with Gasteiger partial charge in [0.2, 0.25) is 0 Å². The smallest absolute Gasteiger partial charge is 0.109 e. The Bertz CT molecular complexity index is 572. The zero-order valence-corrected chi connectivity index (χ0v) is 12.8. The summed E-state index contributed by atoms with van der Waals surface area (Å²) in [4.78, 5) is 4.83. The highest BCUT2D eigenvalue weighted by Gasteiger charge is 2.15. The number of benzene rings is 1.